The van der Waals surface area contributed by atoms with Gasteiger partial charge in [0.2, 0.25) is 11.8 Å². The molecule has 4 heterocycles. The molecule has 10 nitrogen and oxygen atoms in total. The van der Waals surface area contributed by atoms with Crippen molar-refractivity contribution in [1.29, 1.82) is 0 Å². The lowest BCUT2D eigenvalue weighted by Gasteiger charge is -2.45. The lowest BCUT2D eigenvalue weighted by molar-refractivity contribution is -0.133. The van der Waals surface area contributed by atoms with Gasteiger partial charge in [-0.3, -0.25) is 29.2 Å². The first-order valence-electron chi connectivity index (χ1n) is 15.5. The maximum Gasteiger partial charge on any atom is 0.265 e. The Morgan fingerprint density at radius 2 is 1.73 bits per heavy atom. The van der Waals surface area contributed by atoms with Crippen molar-refractivity contribution in [2.24, 2.45) is 5.92 Å². The van der Waals surface area contributed by atoms with E-state index in [9.17, 15) is 18.8 Å². The molecule has 2 amide bonds. The number of rotatable bonds is 7. The molecule has 0 spiro atoms. The van der Waals surface area contributed by atoms with Crippen molar-refractivity contribution in [1.82, 2.24) is 19.8 Å². The van der Waals surface area contributed by atoms with Gasteiger partial charge in [-0.05, 0) is 61.0 Å². The first-order chi connectivity index (χ1) is 21.8. The Labute approximate surface area is 255 Å². The molecule has 2 N–H and O–H groups in total. The summed E-state index contributed by atoms with van der Waals surface area (Å²) < 4.78 is 24.3. The van der Waals surface area contributed by atoms with Crippen LogP contribution in [0.1, 0.15) is 14.2 Å². The summed E-state index contributed by atoms with van der Waals surface area (Å²) in [5.74, 6) is -0.510. The molecule has 7 rings (SSSR count). The highest BCUT2D eigenvalue weighted by Crippen LogP contribution is 2.30. The number of anilines is 3. The molecule has 3 aliphatic heterocycles. The minimum atomic E-state index is -0.543. The van der Waals surface area contributed by atoms with E-state index in [1.54, 1.807) is 30.3 Å². The number of halogens is 1. The number of nitrogens with one attached hydrogen (secondary N) is 2. The van der Waals surface area contributed by atoms with Crippen LogP contribution in [0.25, 0.3) is 16.6 Å². The minimum absolute atomic E-state index is 0.188. The highest BCUT2D eigenvalue weighted by atomic mass is 19.1. The van der Waals surface area contributed by atoms with Crippen molar-refractivity contribution >= 4 is 39.8 Å². The molecule has 3 aromatic carbocycles. The van der Waals surface area contributed by atoms with Gasteiger partial charge < -0.3 is 15.1 Å². The molecule has 226 valence electrons. The summed E-state index contributed by atoms with van der Waals surface area (Å²) in [6.07, 6.45) is 2.20. The van der Waals surface area contributed by atoms with Crippen molar-refractivity contribution in [2.75, 3.05) is 60.9 Å². The normalized spacial score (nSPS) is 19.9. The van der Waals surface area contributed by atoms with Gasteiger partial charge in [-0.1, -0.05) is 12.1 Å². The molecule has 3 fully saturated rings. The number of carbonyl (C=O) groups excluding carboxylic acids is 2. The second kappa shape index (κ2) is 11.7. The maximum absolute atomic E-state index is 15.0. The summed E-state index contributed by atoms with van der Waals surface area (Å²) in [5, 5.41) is 5.78. The van der Waals surface area contributed by atoms with Gasteiger partial charge >= 0.3 is 0 Å². The van der Waals surface area contributed by atoms with Crippen LogP contribution in [0.15, 0.2) is 77.8 Å². The molecule has 44 heavy (non-hydrogen) atoms. The Balaban J connectivity index is 0.890. The van der Waals surface area contributed by atoms with Crippen molar-refractivity contribution in [3.8, 4) is 5.69 Å². The highest BCUT2D eigenvalue weighted by Gasteiger charge is 2.32. The number of carbonyl (C=O) groups is 2. The van der Waals surface area contributed by atoms with E-state index in [0.717, 1.165) is 57.2 Å². The number of hydrogen-bond donors (Lipinski definition) is 2. The van der Waals surface area contributed by atoms with E-state index in [4.69, 9.17) is 1.37 Å². The Bertz CT molecular complexity index is 1820. The molecule has 0 aliphatic carbocycles. The number of piperazine rings is 1. The van der Waals surface area contributed by atoms with E-state index in [1.807, 2.05) is 24.3 Å². The Morgan fingerprint density at radius 1 is 0.955 bits per heavy atom. The predicted molar refractivity (Wildman–Crippen MR) is 168 cm³/mol. The Kier molecular flexibility index (Phi) is 7.15. The van der Waals surface area contributed by atoms with Crippen molar-refractivity contribution in [3.05, 3.63) is 89.2 Å². The molecule has 1 atom stereocenters. The fraction of sp³-hybridized carbons (Fsp3) is 0.333. The van der Waals surface area contributed by atoms with Gasteiger partial charge in [0, 0.05) is 69.5 Å². The van der Waals surface area contributed by atoms with Crippen LogP contribution in [0.3, 0.4) is 0 Å². The summed E-state index contributed by atoms with van der Waals surface area (Å²) in [4.78, 5) is 47.6. The second-order valence-corrected chi connectivity index (χ2v) is 11.8. The molecule has 1 aromatic heterocycles. The summed E-state index contributed by atoms with van der Waals surface area (Å²) in [7, 11) is 0. The number of piperidine rings is 1. The number of amides is 2. The Hall–Kier alpha value is -4.77. The molecule has 3 saturated heterocycles. The molecule has 4 aromatic rings. The van der Waals surface area contributed by atoms with Gasteiger partial charge in [0.25, 0.3) is 5.56 Å². The fourth-order valence-corrected chi connectivity index (χ4v) is 6.34. The smallest absolute Gasteiger partial charge is 0.265 e. The average Bonchev–Trinajstić information content (AvgIpc) is 3.02. The van der Waals surface area contributed by atoms with Crippen molar-refractivity contribution in [3.63, 3.8) is 0 Å². The largest absolute Gasteiger partial charge is 0.374 e. The SMILES string of the molecule is [2H]c1ccc2ncn(-c3ccc(N4CCN(CC5CN(c6ccc(NC7CCC(=O)NC7=O)cc6F)C5)CC4)cc3)c(=O)c2c1. The van der Waals surface area contributed by atoms with Crippen molar-refractivity contribution < 1.29 is 15.4 Å². The lowest BCUT2D eigenvalue weighted by atomic mass is 9.97. The topological polar surface area (TPSA) is 103 Å². The van der Waals surface area contributed by atoms with E-state index in [-0.39, 0.29) is 35.7 Å². The van der Waals surface area contributed by atoms with Crippen molar-refractivity contribution in [2.45, 2.75) is 18.9 Å². The Morgan fingerprint density at radius 3 is 2.48 bits per heavy atom. The van der Waals surface area contributed by atoms with E-state index >= 15 is 0 Å². The van der Waals surface area contributed by atoms with Crippen LogP contribution in [-0.2, 0) is 9.59 Å². The number of benzene rings is 3. The van der Waals surface area contributed by atoms with Gasteiger partial charge in [-0.25, -0.2) is 9.37 Å². The number of hydrogen-bond acceptors (Lipinski definition) is 8. The minimum Gasteiger partial charge on any atom is -0.374 e. The summed E-state index contributed by atoms with van der Waals surface area (Å²) in [5.41, 5.74) is 3.33. The molecule has 0 saturated carbocycles. The predicted octanol–water partition coefficient (Wildman–Crippen LogP) is 3.00. The number of aromatic nitrogens is 2. The fourth-order valence-electron chi connectivity index (χ4n) is 6.34. The third kappa shape index (κ3) is 5.62. The maximum atomic E-state index is 15.0. The zero-order chi connectivity index (χ0) is 31.1. The van der Waals surface area contributed by atoms with Gasteiger partial charge in [0.05, 0.1) is 23.6 Å². The standard InChI is InChI=1S/C33H34FN7O3/c34-27-17-23(36-29-10-12-31(42)37-32(29)43)5-11-30(27)40-19-22(20-40)18-38-13-15-39(16-14-38)24-6-8-25(9-7-24)41-21-35-28-4-2-1-3-26(28)33(41)44/h1-9,11,17,21-22,29,36H,10,12-16,18-20H2,(H,37,42,43)/i1D. The van der Waals surface area contributed by atoms with E-state index in [2.05, 4.69) is 30.3 Å². The van der Waals surface area contributed by atoms with Crippen LogP contribution in [0.5, 0.6) is 0 Å². The molecule has 11 heteroatoms. The quantitative estimate of drug-likeness (QED) is 0.314. The van der Waals surface area contributed by atoms with Crippen LogP contribution < -0.4 is 26.0 Å². The average molecular weight is 597 g/mol. The van der Waals surface area contributed by atoms with E-state index < -0.39 is 6.04 Å². The second-order valence-electron chi connectivity index (χ2n) is 11.8. The van der Waals surface area contributed by atoms with E-state index in [1.165, 1.54) is 17.0 Å². The molecule has 1 unspecified atom stereocenters. The highest BCUT2D eigenvalue weighted by molar-refractivity contribution is 6.01. The molecular weight excluding hydrogens is 561 g/mol. The van der Waals surface area contributed by atoms with Crippen LogP contribution in [0.2, 0.25) is 0 Å². The summed E-state index contributed by atoms with van der Waals surface area (Å²) in [6.45, 7) is 6.24. The van der Waals surface area contributed by atoms with Crippen LogP contribution in [-0.4, -0.2) is 78.1 Å². The number of nitrogens with zero attached hydrogens (tertiary/aromatic N) is 5. The molecular formula is C33H34FN7O3. The first kappa shape index (κ1) is 26.8. The van der Waals surface area contributed by atoms with Gasteiger partial charge in [0.1, 0.15) is 18.2 Å². The third-order valence-electron chi connectivity index (χ3n) is 8.81. The van der Waals surface area contributed by atoms with E-state index in [0.29, 0.717) is 34.6 Å². The molecule has 3 aliphatic rings. The van der Waals surface area contributed by atoms with Gasteiger partial charge in [-0.15, -0.1) is 0 Å². The third-order valence-corrected chi connectivity index (χ3v) is 8.81. The zero-order valence-corrected chi connectivity index (χ0v) is 24.2. The van der Waals surface area contributed by atoms with Crippen LogP contribution in [0.4, 0.5) is 21.5 Å². The zero-order valence-electron chi connectivity index (χ0n) is 25.2. The van der Waals surface area contributed by atoms with Gasteiger partial charge in [0.15, 0.2) is 0 Å². The first-order valence-corrected chi connectivity index (χ1v) is 15.0. The number of fused-ring (bicyclic) bond motifs is 1. The summed E-state index contributed by atoms with van der Waals surface area (Å²) >= 11 is 0. The molecule has 0 bridgehead atoms. The van der Waals surface area contributed by atoms with Crippen LogP contribution >= 0.6 is 0 Å². The lowest BCUT2D eigenvalue weighted by Crippen LogP contribution is -2.55. The van der Waals surface area contributed by atoms with Gasteiger partial charge in [-0.2, -0.15) is 0 Å². The monoisotopic (exact) mass is 596 g/mol. The summed E-state index contributed by atoms with van der Waals surface area (Å²) in [6, 6.07) is 17.5. The number of imide groups is 1. The molecule has 0 radical (unpaired) electrons. The number of para-hydroxylation sites is 1. The van der Waals surface area contributed by atoms with Crippen LogP contribution in [0, 0.1) is 11.7 Å².